The molecule has 17 heavy (non-hydrogen) atoms. The second-order valence-corrected chi connectivity index (χ2v) is 5.29. The predicted octanol–water partition coefficient (Wildman–Crippen LogP) is 4.62. The molecule has 0 radical (unpaired) electrons. The van der Waals surface area contributed by atoms with E-state index in [9.17, 15) is 0 Å². The van der Waals surface area contributed by atoms with E-state index < -0.39 is 0 Å². The summed E-state index contributed by atoms with van der Waals surface area (Å²) in [5.74, 6) is 0.808. The van der Waals surface area contributed by atoms with Crippen LogP contribution in [0, 0.1) is 0 Å². The van der Waals surface area contributed by atoms with Gasteiger partial charge in [-0.05, 0) is 48.0 Å². The second kappa shape index (κ2) is 5.10. The molecule has 0 saturated heterocycles. The molecule has 1 aromatic carbocycles. The van der Waals surface area contributed by atoms with Gasteiger partial charge in [-0.2, -0.15) is 0 Å². The molecule has 0 saturated carbocycles. The minimum absolute atomic E-state index is 0.359. The molecule has 0 fully saturated rings. The molecule has 0 atom stereocenters. The minimum Gasteiger partial charge on any atom is -0.325 e. The standard InChI is InChI=1S/C12H13BrClN3/c1-8(2)17-6-5-15-12(17)16-11-7-9(14)3-4-10(11)13/h3-8H,1-2H3,(H,15,16). The topological polar surface area (TPSA) is 29.9 Å². The summed E-state index contributed by atoms with van der Waals surface area (Å²) in [4.78, 5) is 4.29. The van der Waals surface area contributed by atoms with Crippen molar-refractivity contribution < 1.29 is 0 Å². The zero-order valence-corrected chi connectivity index (χ0v) is 12.0. The van der Waals surface area contributed by atoms with Gasteiger partial charge < -0.3 is 9.88 Å². The summed E-state index contributed by atoms with van der Waals surface area (Å²) in [6.07, 6.45) is 3.73. The van der Waals surface area contributed by atoms with Crippen LogP contribution < -0.4 is 5.32 Å². The fourth-order valence-electron chi connectivity index (χ4n) is 1.54. The molecule has 0 amide bonds. The zero-order chi connectivity index (χ0) is 12.4. The average Bonchev–Trinajstić information content (AvgIpc) is 2.71. The van der Waals surface area contributed by atoms with Crippen molar-refractivity contribution in [3.05, 3.63) is 40.1 Å². The lowest BCUT2D eigenvalue weighted by atomic mass is 10.3. The average molecular weight is 315 g/mol. The van der Waals surface area contributed by atoms with Crippen LogP contribution in [0.2, 0.25) is 5.02 Å². The Morgan fingerprint density at radius 1 is 1.41 bits per heavy atom. The smallest absolute Gasteiger partial charge is 0.207 e. The number of rotatable bonds is 3. The molecule has 1 heterocycles. The maximum Gasteiger partial charge on any atom is 0.207 e. The van der Waals surface area contributed by atoms with E-state index in [4.69, 9.17) is 11.6 Å². The maximum absolute atomic E-state index is 5.97. The first kappa shape index (κ1) is 12.5. The number of halogens is 2. The van der Waals surface area contributed by atoms with Crippen molar-refractivity contribution in [3.8, 4) is 0 Å². The van der Waals surface area contributed by atoms with Gasteiger partial charge in [-0.25, -0.2) is 4.98 Å². The van der Waals surface area contributed by atoms with Crippen LogP contribution in [0.4, 0.5) is 11.6 Å². The van der Waals surface area contributed by atoms with E-state index in [1.54, 1.807) is 6.20 Å². The van der Waals surface area contributed by atoms with Crippen LogP contribution in [0.15, 0.2) is 35.1 Å². The summed E-state index contributed by atoms with van der Waals surface area (Å²) in [7, 11) is 0. The van der Waals surface area contributed by atoms with E-state index in [-0.39, 0.29) is 0 Å². The third-order valence-electron chi connectivity index (χ3n) is 2.40. The third-order valence-corrected chi connectivity index (χ3v) is 3.33. The van der Waals surface area contributed by atoms with Crippen LogP contribution in [-0.4, -0.2) is 9.55 Å². The van der Waals surface area contributed by atoms with E-state index in [0.717, 1.165) is 16.1 Å². The Kier molecular flexibility index (Phi) is 3.74. The highest BCUT2D eigenvalue weighted by molar-refractivity contribution is 9.10. The van der Waals surface area contributed by atoms with Crippen molar-refractivity contribution in [2.75, 3.05) is 5.32 Å². The lowest BCUT2D eigenvalue weighted by Gasteiger charge is -2.13. The largest absolute Gasteiger partial charge is 0.325 e. The molecule has 0 aliphatic heterocycles. The highest BCUT2D eigenvalue weighted by Gasteiger charge is 2.08. The molecule has 0 bridgehead atoms. The van der Waals surface area contributed by atoms with Gasteiger partial charge in [0.2, 0.25) is 5.95 Å². The van der Waals surface area contributed by atoms with Gasteiger partial charge in [-0.3, -0.25) is 0 Å². The molecule has 1 N–H and O–H groups in total. The number of benzene rings is 1. The van der Waals surface area contributed by atoms with E-state index >= 15 is 0 Å². The lowest BCUT2D eigenvalue weighted by Crippen LogP contribution is -2.05. The quantitative estimate of drug-likeness (QED) is 0.895. The van der Waals surface area contributed by atoms with E-state index in [1.165, 1.54) is 0 Å². The first-order valence-corrected chi connectivity index (χ1v) is 6.50. The summed E-state index contributed by atoms with van der Waals surface area (Å²) in [5, 5.41) is 3.96. The van der Waals surface area contributed by atoms with Gasteiger partial charge in [0, 0.05) is 27.9 Å². The summed E-state index contributed by atoms with van der Waals surface area (Å²) in [5.41, 5.74) is 0.908. The fraction of sp³-hybridized carbons (Fsp3) is 0.250. The number of aromatic nitrogens is 2. The van der Waals surface area contributed by atoms with Crippen molar-refractivity contribution >= 4 is 39.2 Å². The first-order chi connectivity index (χ1) is 8.08. The zero-order valence-electron chi connectivity index (χ0n) is 9.61. The lowest BCUT2D eigenvalue weighted by molar-refractivity contribution is 0.608. The molecule has 5 heteroatoms. The van der Waals surface area contributed by atoms with Crippen molar-refractivity contribution in [1.29, 1.82) is 0 Å². The molecule has 1 aromatic heterocycles. The van der Waals surface area contributed by atoms with Gasteiger partial charge in [-0.1, -0.05) is 11.6 Å². The van der Waals surface area contributed by atoms with Crippen LogP contribution in [-0.2, 0) is 0 Å². The summed E-state index contributed by atoms with van der Waals surface area (Å²) >= 11 is 9.45. The molecule has 3 nitrogen and oxygen atoms in total. The van der Waals surface area contributed by atoms with Crippen LogP contribution in [0.25, 0.3) is 0 Å². The molecule has 0 aliphatic rings. The van der Waals surface area contributed by atoms with Crippen molar-refractivity contribution in [3.63, 3.8) is 0 Å². The van der Waals surface area contributed by atoms with Crippen LogP contribution >= 0.6 is 27.5 Å². The van der Waals surface area contributed by atoms with E-state index in [1.807, 2.05) is 24.4 Å². The molecular formula is C12H13BrClN3. The van der Waals surface area contributed by atoms with E-state index in [2.05, 4.69) is 44.6 Å². The van der Waals surface area contributed by atoms with Crippen molar-refractivity contribution in [2.45, 2.75) is 19.9 Å². The number of nitrogens with one attached hydrogen (secondary N) is 1. The monoisotopic (exact) mass is 313 g/mol. The molecule has 0 spiro atoms. The van der Waals surface area contributed by atoms with Gasteiger partial charge in [0.1, 0.15) is 0 Å². The highest BCUT2D eigenvalue weighted by Crippen LogP contribution is 2.28. The minimum atomic E-state index is 0.359. The van der Waals surface area contributed by atoms with Crippen molar-refractivity contribution in [2.24, 2.45) is 0 Å². The number of hydrogen-bond donors (Lipinski definition) is 1. The maximum atomic E-state index is 5.97. The number of hydrogen-bond acceptors (Lipinski definition) is 2. The molecular weight excluding hydrogens is 302 g/mol. The molecule has 0 aliphatic carbocycles. The number of imidazole rings is 1. The van der Waals surface area contributed by atoms with Crippen LogP contribution in [0.5, 0.6) is 0 Å². The van der Waals surface area contributed by atoms with E-state index in [0.29, 0.717) is 11.1 Å². The number of anilines is 2. The summed E-state index contributed by atoms with van der Waals surface area (Å²) in [6.45, 7) is 4.22. The van der Waals surface area contributed by atoms with Gasteiger partial charge in [-0.15, -0.1) is 0 Å². The Labute approximate surface area is 114 Å². The highest BCUT2D eigenvalue weighted by atomic mass is 79.9. The Morgan fingerprint density at radius 2 is 2.18 bits per heavy atom. The Morgan fingerprint density at radius 3 is 2.88 bits per heavy atom. The number of nitrogens with zero attached hydrogens (tertiary/aromatic N) is 2. The Bertz CT molecular complexity index is 522. The Hall–Kier alpha value is -1.000. The van der Waals surface area contributed by atoms with Gasteiger partial charge in [0.15, 0.2) is 0 Å². The third kappa shape index (κ3) is 2.82. The predicted molar refractivity (Wildman–Crippen MR) is 75.0 cm³/mol. The van der Waals surface area contributed by atoms with Crippen LogP contribution in [0.1, 0.15) is 19.9 Å². The summed E-state index contributed by atoms with van der Waals surface area (Å²) < 4.78 is 3.02. The molecule has 90 valence electrons. The SMILES string of the molecule is CC(C)n1ccnc1Nc1cc(Cl)ccc1Br. The van der Waals surface area contributed by atoms with Gasteiger partial charge >= 0.3 is 0 Å². The second-order valence-electron chi connectivity index (χ2n) is 4.00. The summed E-state index contributed by atoms with van der Waals surface area (Å²) in [6, 6.07) is 5.97. The van der Waals surface area contributed by atoms with Gasteiger partial charge in [0.25, 0.3) is 0 Å². The fourth-order valence-corrected chi connectivity index (χ4v) is 2.06. The Balaban J connectivity index is 2.31. The normalized spacial score (nSPS) is 10.9. The van der Waals surface area contributed by atoms with Crippen LogP contribution in [0.3, 0.4) is 0 Å². The van der Waals surface area contributed by atoms with Crippen molar-refractivity contribution in [1.82, 2.24) is 9.55 Å². The first-order valence-electron chi connectivity index (χ1n) is 5.33. The molecule has 2 aromatic rings. The molecule has 0 unspecified atom stereocenters. The van der Waals surface area contributed by atoms with Gasteiger partial charge in [0.05, 0.1) is 5.69 Å². The molecule has 2 rings (SSSR count).